The minimum absolute atomic E-state index is 0.117. The minimum atomic E-state index is -1.17. The van der Waals surface area contributed by atoms with E-state index in [4.69, 9.17) is 21.6 Å². The minimum Gasteiger partial charge on any atom is -0.494 e. The Balaban J connectivity index is 2.77. The van der Waals surface area contributed by atoms with Gasteiger partial charge in [0.05, 0.1) is 30.9 Å². The number of hydrogen-bond acceptors (Lipinski definition) is 7. The van der Waals surface area contributed by atoms with Crippen LogP contribution in [-0.4, -0.2) is 31.8 Å². The topological polar surface area (TPSA) is 113 Å². The second-order valence-electron chi connectivity index (χ2n) is 4.82. The molecule has 0 spiro atoms. The van der Waals surface area contributed by atoms with Crippen LogP contribution in [0.1, 0.15) is 19.4 Å². The molecule has 0 aliphatic heterocycles. The van der Waals surface area contributed by atoms with E-state index < -0.39 is 17.9 Å². The van der Waals surface area contributed by atoms with Gasteiger partial charge in [-0.15, -0.1) is 0 Å². The summed E-state index contributed by atoms with van der Waals surface area (Å²) in [7, 11) is 0. The van der Waals surface area contributed by atoms with Gasteiger partial charge < -0.3 is 9.47 Å². The Morgan fingerprint density at radius 2 is 2.08 bits per heavy atom. The third-order valence-corrected chi connectivity index (χ3v) is 3.23. The molecule has 25 heavy (non-hydrogen) atoms. The lowest BCUT2D eigenvalue weighted by Gasteiger charge is -2.08. The van der Waals surface area contributed by atoms with Crippen molar-refractivity contribution >= 4 is 29.3 Å². The molecule has 2 amide bonds. The van der Waals surface area contributed by atoms with E-state index in [9.17, 15) is 9.59 Å². The fourth-order valence-electron chi connectivity index (χ4n) is 1.81. The van der Waals surface area contributed by atoms with Gasteiger partial charge in [-0.1, -0.05) is 11.6 Å². The number of rotatable bonds is 7. The van der Waals surface area contributed by atoms with Gasteiger partial charge in [-0.25, -0.2) is 4.79 Å². The summed E-state index contributed by atoms with van der Waals surface area (Å²) in [6, 6.07) is 5.14. The highest BCUT2D eigenvalue weighted by molar-refractivity contribution is 6.33. The molecule has 0 radical (unpaired) electrons. The average Bonchev–Trinajstić information content (AvgIpc) is 2.54. The zero-order valence-corrected chi connectivity index (χ0v) is 15.0. The van der Waals surface area contributed by atoms with Crippen LogP contribution in [0.5, 0.6) is 5.75 Å². The molecule has 1 aromatic rings. The van der Waals surface area contributed by atoms with Crippen molar-refractivity contribution in [1.82, 2.24) is 5.32 Å². The Morgan fingerprint density at radius 3 is 2.64 bits per heavy atom. The van der Waals surface area contributed by atoms with E-state index in [1.54, 1.807) is 32.0 Å². The van der Waals surface area contributed by atoms with Crippen molar-refractivity contribution < 1.29 is 19.1 Å². The number of nitriles is 1. The standard InChI is InChI=1S/C16H19ClN4O4/c1-4-24-12-6-10(3)14(13(17)7-12)21-19-9-11(8-18)15(22)20-16(23)25-5-2/h6-7,11H,4-5,9H2,1-3H3,(H,20,22,23). The quantitative estimate of drug-likeness (QED) is 0.741. The van der Waals surface area contributed by atoms with Crippen LogP contribution in [0.15, 0.2) is 22.4 Å². The zero-order valence-electron chi connectivity index (χ0n) is 14.2. The molecule has 0 fully saturated rings. The lowest BCUT2D eigenvalue weighted by atomic mass is 10.1. The zero-order chi connectivity index (χ0) is 18.8. The van der Waals surface area contributed by atoms with Crippen LogP contribution in [0.2, 0.25) is 5.02 Å². The first-order chi connectivity index (χ1) is 11.9. The van der Waals surface area contributed by atoms with Crippen molar-refractivity contribution in [2.75, 3.05) is 19.8 Å². The molecule has 0 aromatic heterocycles. The van der Waals surface area contributed by atoms with Gasteiger partial charge in [0.25, 0.3) is 0 Å². The third kappa shape index (κ3) is 6.39. The molecule has 0 bridgehead atoms. The first-order valence-corrected chi connectivity index (χ1v) is 7.98. The molecular weight excluding hydrogens is 348 g/mol. The average molecular weight is 367 g/mol. The predicted molar refractivity (Wildman–Crippen MR) is 91.0 cm³/mol. The van der Waals surface area contributed by atoms with Crippen molar-refractivity contribution in [3.05, 3.63) is 22.7 Å². The lowest BCUT2D eigenvalue weighted by Crippen LogP contribution is -2.36. The van der Waals surface area contributed by atoms with E-state index in [0.717, 1.165) is 5.56 Å². The van der Waals surface area contributed by atoms with Gasteiger partial charge in [-0.05, 0) is 32.4 Å². The van der Waals surface area contributed by atoms with E-state index in [1.165, 1.54) is 0 Å². The van der Waals surface area contributed by atoms with Crippen LogP contribution in [0.3, 0.4) is 0 Å². The normalized spacial score (nSPS) is 11.6. The largest absolute Gasteiger partial charge is 0.494 e. The predicted octanol–water partition coefficient (Wildman–Crippen LogP) is 3.54. The van der Waals surface area contributed by atoms with Crippen molar-refractivity contribution in [2.24, 2.45) is 16.1 Å². The number of aryl methyl sites for hydroxylation is 1. The Kier molecular flexibility index (Phi) is 8.36. The number of azo groups is 1. The third-order valence-electron chi connectivity index (χ3n) is 2.95. The SMILES string of the molecule is CCOC(=O)NC(=O)C(C#N)CN=Nc1c(C)cc(OCC)cc1Cl. The van der Waals surface area contributed by atoms with E-state index in [1.807, 2.05) is 12.2 Å². The van der Waals surface area contributed by atoms with Crippen molar-refractivity contribution in [1.29, 1.82) is 5.26 Å². The molecule has 0 aliphatic carbocycles. The molecule has 0 heterocycles. The van der Waals surface area contributed by atoms with Crippen LogP contribution in [0, 0.1) is 24.2 Å². The molecule has 0 saturated carbocycles. The molecule has 134 valence electrons. The number of ether oxygens (including phenoxy) is 2. The summed E-state index contributed by atoms with van der Waals surface area (Å²) in [4.78, 5) is 23.0. The maximum atomic E-state index is 11.8. The summed E-state index contributed by atoms with van der Waals surface area (Å²) in [5, 5.41) is 19.2. The number of nitrogens with one attached hydrogen (secondary N) is 1. The first-order valence-electron chi connectivity index (χ1n) is 7.60. The van der Waals surface area contributed by atoms with Gasteiger partial charge in [-0.3, -0.25) is 10.1 Å². The number of alkyl carbamates (subject to hydrolysis) is 1. The van der Waals surface area contributed by atoms with Crippen LogP contribution in [0.4, 0.5) is 10.5 Å². The van der Waals surface area contributed by atoms with E-state index in [2.05, 4.69) is 15.0 Å². The number of hydrogen-bond donors (Lipinski definition) is 1. The number of benzene rings is 1. The Labute approximate surface area is 150 Å². The maximum Gasteiger partial charge on any atom is 0.413 e. The fourth-order valence-corrected chi connectivity index (χ4v) is 2.11. The Morgan fingerprint density at radius 1 is 1.36 bits per heavy atom. The lowest BCUT2D eigenvalue weighted by molar-refractivity contribution is -0.122. The van der Waals surface area contributed by atoms with Gasteiger partial charge >= 0.3 is 6.09 Å². The highest BCUT2D eigenvalue weighted by Crippen LogP contribution is 2.33. The molecule has 0 aliphatic rings. The van der Waals surface area contributed by atoms with Crippen molar-refractivity contribution in [2.45, 2.75) is 20.8 Å². The van der Waals surface area contributed by atoms with Crippen LogP contribution >= 0.6 is 11.6 Å². The van der Waals surface area contributed by atoms with E-state index in [0.29, 0.717) is 23.1 Å². The number of halogens is 1. The number of nitrogens with zero attached hydrogens (tertiary/aromatic N) is 3. The first kappa shape index (κ1) is 20.4. The summed E-state index contributed by atoms with van der Waals surface area (Å²) >= 11 is 6.15. The molecule has 1 rings (SSSR count). The van der Waals surface area contributed by atoms with E-state index in [-0.39, 0.29) is 13.2 Å². The van der Waals surface area contributed by atoms with Gasteiger partial charge in [0.15, 0.2) is 0 Å². The monoisotopic (exact) mass is 366 g/mol. The summed E-state index contributed by atoms with van der Waals surface area (Å²) < 4.78 is 9.95. The van der Waals surface area contributed by atoms with Gasteiger partial charge in [0.2, 0.25) is 5.91 Å². The molecule has 8 nitrogen and oxygen atoms in total. The molecule has 1 atom stereocenters. The highest BCUT2D eigenvalue weighted by Gasteiger charge is 2.20. The van der Waals surface area contributed by atoms with Crippen molar-refractivity contribution in [3.63, 3.8) is 0 Å². The summed E-state index contributed by atoms with van der Waals surface area (Å²) in [5.41, 5.74) is 1.16. The summed E-state index contributed by atoms with van der Waals surface area (Å²) in [6.45, 7) is 5.66. The fraction of sp³-hybridized carbons (Fsp3) is 0.438. The second-order valence-corrected chi connectivity index (χ2v) is 5.23. The Bertz CT molecular complexity index is 677. The van der Waals surface area contributed by atoms with E-state index >= 15 is 0 Å². The second kappa shape index (κ2) is 10.3. The summed E-state index contributed by atoms with van der Waals surface area (Å²) in [6.07, 6.45) is -0.907. The number of amides is 2. The van der Waals surface area contributed by atoms with Crippen molar-refractivity contribution in [3.8, 4) is 11.8 Å². The smallest absolute Gasteiger partial charge is 0.413 e. The highest BCUT2D eigenvalue weighted by atomic mass is 35.5. The molecule has 9 heteroatoms. The number of carbonyl (C=O) groups is 2. The molecular formula is C16H19ClN4O4. The molecule has 1 unspecified atom stereocenters. The summed E-state index contributed by atoms with van der Waals surface area (Å²) in [5.74, 6) is -1.35. The number of carbonyl (C=O) groups excluding carboxylic acids is 2. The van der Waals surface area contributed by atoms with Crippen LogP contribution < -0.4 is 10.1 Å². The molecule has 1 N–H and O–H groups in total. The Hall–Kier alpha value is -2.66. The van der Waals surface area contributed by atoms with Crippen LogP contribution in [-0.2, 0) is 9.53 Å². The van der Waals surface area contributed by atoms with Gasteiger partial charge in [0, 0.05) is 6.07 Å². The van der Waals surface area contributed by atoms with Gasteiger partial charge in [0.1, 0.15) is 17.4 Å². The van der Waals surface area contributed by atoms with Gasteiger partial charge in [-0.2, -0.15) is 15.5 Å². The number of imide groups is 1. The van der Waals surface area contributed by atoms with Crippen LogP contribution in [0.25, 0.3) is 0 Å². The molecule has 1 aromatic carbocycles. The molecule has 0 saturated heterocycles. The maximum absolute atomic E-state index is 11.8.